The second kappa shape index (κ2) is 4.15. The van der Waals surface area contributed by atoms with Crippen LogP contribution in [-0.2, 0) is 11.8 Å². The summed E-state index contributed by atoms with van der Waals surface area (Å²) in [6, 6.07) is 6.89. The Bertz CT molecular complexity index is 394. The topological polar surface area (TPSA) is 12.0 Å². The minimum absolute atomic E-state index is 0.451. The van der Waals surface area contributed by atoms with Crippen LogP contribution in [0.3, 0.4) is 0 Å². The SMILES string of the molecule is Brc1ccc2c(c1)CCNCC21CCCC1. The van der Waals surface area contributed by atoms with Crippen molar-refractivity contribution in [3.8, 4) is 0 Å². The second-order valence-electron chi connectivity index (χ2n) is 5.22. The molecule has 0 bridgehead atoms. The van der Waals surface area contributed by atoms with E-state index < -0.39 is 0 Å². The number of halogens is 1. The van der Waals surface area contributed by atoms with Crippen LogP contribution in [0.2, 0.25) is 0 Å². The lowest BCUT2D eigenvalue weighted by molar-refractivity contribution is 0.418. The largest absolute Gasteiger partial charge is 0.316 e. The number of hydrogen-bond donors (Lipinski definition) is 1. The minimum Gasteiger partial charge on any atom is -0.316 e. The van der Waals surface area contributed by atoms with Crippen molar-refractivity contribution in [2.75, 3.05) is 13.1 Å². The van der Waals surface area contributed by atoms with Crippen LogP contribution in [0.25, 0.3) is 0 Å². The molecule has 0 radical (unpaired) electrons. The molecule has 1 saturated carbocycles. The standard InChI is InChI=1S/C14H18BrN/c15-12-3-4-13-11(9-12)5-8-16-10-14(13)6-1-2-7-14/h3-4,9,16H,1-2,5-8,10H2. The number of rotatable bonds is 0. The van der Waals surface area contributed by atoms with Gasteiger partial charge in [0.05, 0.1) is 0 Å². The van der Waals surface area contributed by atoms with Crippen LogP contribution in [-0.4, -0.2) is 13.1 Å². The van der Waals surface area contributed by atoms with E-state index in [1.54, 1.807) is 11.1 Å². The van der Waals surface area contributed by atoms with E-state index in [9.17, 15) is 0 Å². The molecule has 1 heterocycles. The predicted octanol–water partition coefficient (Wildman–Crippen LogP) is 3.41. The van der Waals surface area contributed by atoms with Gasteiger partial charge in [0.2, 0.25) is 0 Å². The monoisotopic (exact) mass is 279 g/mol. The van der Waals surface area contributed by atoms with Crippen LogP contribution < -0.4 is 5.32 Å². The van der Waals surface area contributed by atoms with Crippen molar-refractivity contribution in [1.82, 2.24) is 5.32 Å². The summed E-state index contributed by atoms with van der Waals surface area (Å²) in [6.07, 6.45) is 6.72. The highest BCUT2D eigenvalue weighted by molar-refractivity contribution is 9.10. The molecule has 0 unspecified atom stereocenters. The molecule has 1 spiro atoms. The quantitative estimate of drug-likeness (QED) is 0.768. The maximum atomic E-state index is 3.63. The molecule has 86 valence electrons. The minimum atomic E-state index is 0.451. The van der Waals surface area contributed by atoms with E-state index in [2.05, 4.69) is 39.4 Å². The summed E-state index contributed by atoms with van der Waals surface area (Å²) in [4.78, 5) is 0. The van der Waals surface area contributed by atoms with Gasteiger partial charge >= 0.3 is 0 Å². The van der Waals surface area contributed by atoms with E-state index in [0.29, 0.717) is 5.41 Å². The van der Waals surface area contributed by atoms with Crippen molar-refractivity contribution in [3.05, 3.63) is 33.8 Å². The molecule has 0 aromatic heterocycles. The fourth-order valence-electron chi connectivity index (χ4n) is 3.43. The van der Waals surface area contributed by atoms with E-state index in [1.165, 1.54) is 43.1 Å². The van der Waals surface area contributed by atoms with Gasteiger partial charge < -0.3 is 5.32 Å². The zero-order valence-electron chi connectivity index (χ0n) is 9.56. The van der Waals surface area contributed by atoms with Crippen molar-refractivity contribution >= 4 is 15.9 Å². The number of fused-ring (bicyclic) bond motifs is 2. The van der Waals surface area contributed by atoms with Gasteiger partial charge in [-0.15, -0.1) is 0 Å². The molecule has 1 aliphatic carbocycles. The van der Waals surface area contributed by atoms with E-state index in [4.69, 9.17) is 0 Å². The van der Waals surface area contributed by atoms with E-state index in [0.717, 1.165) is 6.54 Å². The Hall–Kier alpha value is -0.340. The van der Waals surface area contributed by atoms with Gasteiger partial charge in [0.1, 0.15) is 0 Å². The molecule has 1 nitrogen and oxygen atoms in total. The van der Waals surface area contributed by atoms with E-state index >= 15 is 0 Å². The second-order valence-corrected chi connectivity index (χ2v) is 6.13. The lowest BCUT2D eigenvalue weighted by Crippen LogP contribution is -2.34. The average molecular weight is 280 g/mol. The maximum absolute atomic E-state index is 3.63. The zero-order chi connectivity index (χ0) is 11.0. The fraction of sp³-hybridized carbons (Fsp3) is 0.571. The molecule has 16 heavy (non-hydrogen) atoms. The fourth-order valence-corrected chi connectivity index (χ4v) is 3.84. The first kappa shape index (κ1) is 10.8. The van der Waals surface area contributed by atoms with Crippen molar-refractivity contribution < 1.29 is 0 Å². The van der Waals surface area contributed by atoms with Gasteiger partial charge in [0.25, 0.3) is 0 Å². The number of hydrogen-bond acceptors (Lipinski definition) is 1. The van der Waals surface area contributed by atoms with Gasteiger partial charge in [-0.05, 0) is 49.1 Å². The molecular formula is C14H18BrN. The molecular weight excluding hydrogens is 262 g/mol. The Labute approximate surface area is 106 Å². The van der Waals surface area contributed by atoms with Gasteiger partial charge in [0, 0.05) is 16.4 Å². The summed E-state index contributed by atoms with van der Waals surface area (Å²) in [5.41, 5.74) is 3.63. The maximum Gasteiger partial charge on any atom is 0.0178 e. The van der Waals surface area contributed by atoms with Crippen molar-refractivity contribution in [2.24, 2.45) is 0 Å². The zero-order valence-corrected chi connectivity index (χ0v) is 11.1. The molecule has 1 aliphatic heterocycles. The molecule has 2 aliphatic rings. The molecule has 0 atom stereocenters. The van der Waals surface area contributed by atoms with Gasteiger partial charge in [-0.3, -0.25) is 0 Å². The van der Waals surface area contributed by atoms with Crippen LogP contribution in [0.4, 0.5) is 0 Å². The molecule has 1 N–H and O–H groups in total. The normalized spacial score (nSPS) is 23.1. The highest BCUT2D eigenvalue weighted by atomic mass is 79.9. The van der Waals surface area contributed by atoms with Gasteiger partial charge in [0.15, 0.2) is 0 Å². The molecule has 3 rings (SSSR count). The number of benzene rings is 1. The van der Waals surface area contributed by atoms with Crippen LogP contribution in [0.5, 0.6) is 0 Å². The first-order chi connectivity index (χ1) is 7.80. The van der Waals surface area contributed by atoms with Crippen LogP contribution >= 0.6 is 15.9 Å². The summed E-state index contributed by atoms with van der Waals surface area (Å²) >= 11 is 3.59. The van der Waals surface area contributed by atoms with Crippen LogP contribution in [0, 0.1) is 0 Å². The molecule has 0 amide bonds. The Kier molecular flexibility index (Phi) is 2.80. The molecule has 1 fully saturated rings. The smallest absolute Gasteiger partial charge is 0.0178 e. The molecule has 1 aromatic rings. The summed E-state index contributed by atoms with van der Waals surface area (Å²) in [5.74, 6) is 0. The summed E-state index contributed by atoms with van der Waals surface area (Å²) in [5, 5.41) is 3.63. The van der Waals surface area contributed by atoms with Gasteiger partial charge in [-0.2, -0.15) is 0 Å². The Morgan fingerprint density at radius 1 is 1.19 bits per heavy atom. The van der Waals surface area contributed by atoms with Crippen LogP contribution in [0.1, 0.15) is 36.8 Å². The third kappa shape index (κ3) is 1.72. The lowest BCUT2D eigenvalue weighted by Gasteiger charge is -2.29. The Morgan fingerprint density at radius 2 is 2.00 bits per heavy atom. The third-order valence-corrected chi connectivity index (χ3v) is 4.73. The Balaban J connectivity index is 2.10. The molecule has 2 heteroatoms. The first-order valence-corrected chi connectivity index (χ1v) is 7.09. The predicted molar refractivity (Wildman–Crippen MR) is 70.9 cm³/mol. The van der Waals surface area contributed by atoms with Crippen molar-refractivity contribution in [3.63, 3.8) is 0 Å². The van der Waals surface area contributed by atoms with Crippen molar-refractivity contribution in [1.29, 1.82) is 0 Å². The summed E-state index contributed by atoms with van der Waals surface area (Å²) < 4.78 is 1.22. The molecule has 0 saturated heterocycles. The summed E-state index contributed by atoms with van der Waals surface area (Å²) in [7, 11) is 0. The van der Waals surface area contributed by atoms with Gasteiger partial charge in [-0.25, -0.2) is 0 Å². The lowest BCUT2D eigenvalue weighted by atomic mass is 9.77. The van der Waals surface area contributed by atoms with E-state index in [-0.39, 0.29) is 0 Å². The van der Waals surface area contributed by atoms with Crippen molar-refractivity contribution in [2.45, 2.75) is 37.5 Å². The summed E-state index contributed by atoms with van der Waals surface area (Å²) in [6.45, 7) is 2.31. The average Bonchev–Trinajstić information content (AvgIpc) is 2.66. The highest BCUT2D eigenvalue weighted by Crippen LogP contribution is 2.43. The number of nitrogens with one attached hydrogen (secondary N) is 1. The Morgan fingerprint density at radius 3 is 2.81 bits per heavy atom. The van der Waals surface area contributed by atoms with E-state index in [1.807, 2.05) is 0 Å². The van der Waals surface area contributed by atoms with Crippen LogP contribution in [0.15, 0.2) is 22.7 Å². The first-order valence-electron chi connectivity index (χ1n) is 6.30. The highest BCUT2D eigenvalue weighted by Gasteiger charge is 2.37. The third-order valence-electron chi connectivity index (χ3n) is 4.23. The van der Waals surface area contributed by atoms with Gasteiger partial charge in [-0.1, -0.05) is 34.8 Å². The molecule has 1 aromatic carbocycles.